The van der Waals surface area contributed by atoms with Crippen molar-refractivity contribution in [2.24, 2.45) is 0 Å². The van der Waals surface area contributed by atoms with Crippen LogP contribution in [0, 0.1) is 17.0 Å². The van der Waals surface area contributed by atoms with Crippen molar-refractivity contribution >= 4 is 11.4 Å². The SMILES string of the molecule is Cc1ccc(NC2CCCCC2n2cccn2)c([N+](=O)[O-])c1. The number of aryl methyl sites for hydroxylation is 1. The van der Waals surface area contributed by atoms with Gasteiger partial charge in [-0.15, -0.1) is 0 Å². The first kappa shape index (κ1) is 14.6. The molecule has 2 atom stereocenters. The van der Waals surface area contributed by atoms with Crippen molar-refractivity contribution in [3.8, 4) is 0 Å². The Bertz CT molecular complexity index is 654. The third-order valence-corrected chi connectivity index (χ3v) is 4.28. The average Bonchev–Trinajstić information content (AvgIpc) is 3.03. The van der Waals surface area contributed by atoms with Crippen molar-refractivity contribution in [1.82, 2.24) is 9.78 Å². The number of nitrogens with zero attached hydrogens (tertiary/aromatic N) is 3. The van der Waals surface area contributed by atoms with Crippen molar-refractivity contribution in [2.45, 2.75) is 44.7 Å². The summed E-state index contributed by atoms with van der Waals surface area (Å²) in [5, 5.41) is 19.0. The fourth-order valence-corrected chi connectivity index (χ4v) is 3.19. The summed E-state index contributed by atoms with van der Waals surface area (Å²) in [5.74, 6) is 0. The molecule has 0 saturated heterocycles. The molecule has 1 saturated carbocycles. The van der Waals surface area contributed by atoms with Gasteiger partial charge in [0.1, 0.15) is 5.69 Å². The third-order valence-electron chi connectivity index (χ3n) is 4.28. The third kappa shape index (κ3) is 2.95. The van der Waals surface area contributed by atoms with E-state index < -0.39 is 0 Å². The van der Waals surface area contributed by atoms with Gasteiger partial charge >= 0.3 is 0 Å². The zero-order valence-electron chi connectivity index (χ0n) is 12.6. The summed E-state index contributed by atoms with van der Waals surface area (Å²) < 4.78 is 1.97. The molecular weight excluding hydrogens is 280 g/mol. The average molecular weight is 300 g/mol. The van der Waals surface area contributed by atoms with Crippen LogP contribution in [0.5, 0.6) is 0 Å². The minimum absolute atomic E-state index is 0.143. The van der Waals surface area contributed by atoms with E-state index in [0.29, 0.717) is 5.69 Å². The van der Waals surface area contributed by atoms with E-state index in [4.69, 9.17) is 0 Å². The molecule has 1 fully saturated rings. The summed E-state index contributed by atoms with van der Waals surface area (Å²) >= 11 is 0. The van der Waals surface area contributed by atoms with Gasteiger partial charge in [0, 0.05) is 24.5 Å². The number of aromatic nitrogens is 2. The fraction of sp³-hybridized carbons (Fsp3) is 0.438. The zero-order chi connectivity index (χ0) is 15.5. The van der Waals surface area contributed by atoms with Gasteiger partial charge in [-0.2, -0.15) is 5.10 Å². The first-order valence-electron chi connectivity index (χ1n) is 7.66. The normalized spacial score (nSPS) is 21.5. The van der Waals surface area contributed by atoms with Crippen LogP contribution in [0.15, 0.2) is 36.7 Å². The molecule has 2 unspecified atom stereocenters. The molecule has 1 aromatic carbocycles. The second-order valence-electron chi connectivity index (χ2n) is 5.87. The summed E-state index contributed by atoms with van der Waals surface area (Å²) in [7, 11) is 0. The molecule has 0 radical (unpaired) electrons. The predicted molar refractivity (Wildman–Crippen MR) is 85.0 cm³/mol. The molecule has 0 spiro atoms. The summed E-state index contributed by atoms with van der Waals surface area (Å²) in [6.07, 6.45) is 8.08. The van der Waals surface area contributed by atoms with E-state index in [1.165, 1.54) is 6.42 Å². The summed E-state index contributed by atoms with van der Waals surface area (Å²) in [6.45, 7) is 1.87. The first-order chi connectivity index (χ1) is 10.6. The number of nitro groups is 1. The standard InChI is InChI=1S/C16H20N4O2/c1-12-7-8-14(16(11-12)20(21)22)18-13-5-2-3-6-15(13)19-10-4-9-17-19/h4,7-11,13,15,18H,2-3,5-6H2,1H3. The Balaban J connectivity index is 1.86. The molecule has 6 heteroatoms. The molecular formula is C16H20N4O2. The molecule has 1 aliphatic rings. The summed E-state index contributed by atoms with van der Waals surface area (Å²) in [6, 6.07) is 7.65. The molecule has 1 aromatic heterocycles. The number of anilines is 1. The topological polar surface area (TPSA) is 73.0 Å². The van der Waals surface area contributed by atoms with Crippen molar-refractivity contribution in [3.63, 3.8) is 0 Å². The van der Waals surface area contributed by atoms with Crippen LogP contribution in [0.3, 0.4) is 0 Å². The quantitative estimate of drug-likeness (QED) is 0.690. The van der Waals surface area contributed by atoms with Crippen LogP contribution in [0.1, 0.15) is 37.3 Å². The smallest absolute Gasteiger partial charge is 0.292 e. The van der Waals surface area contributed by atoms with Crippen LogP contribution in [0.4, 0.5) is 11.4 Å². The molecule has 1 N–H and O–H groups in total. The summed E-state index contributed by atoms with van der Waals surface area (Å²) in [5.41, 5.74) is 1.63. The maximum atomic E-state index is 11.3. The summed E-state index contributed by atoms with van der Waals surface area (Å²) in [4.78, 5) is 11.0. The van der Waals surface area contributed by atoms with Crippen molar-refractivity contribution < 1.29 is 4.92 Å². The lowest BCUT2D eigenvalue weighted by molar-refractivity contribution is -0.384. The van der Waals surface area contributed by atoms with Crippen LogP contribution in [-0.4, -0.2) is 20.7 Å². The molecule has 1 heterocycles. The highest BCUT2D eigenvalue weighted by molar-refractivity contribution is 5.63. The number of nitro benzene ring substituents is 1. The Hall–Kier alpha value is -2.37. The fourth-order valence-electron chi connectivity index (χ4n) is 3.19. The highest BCUT2D eigenvalue weighted by atomic mass is 16.6. The second-order valence-corrected chi connectivity index (χ2v) is 5.87. The van der Waals surface area contributed by atoms with Crippen LogP contribution >= 0.6 is 0 Å². The van der Waals surface area contributed by atoms with Crippen molar-refractivity contribution in [1.29, 1.82) is 0 Å². The Morgan fingerprint density at radius 3 is 2.91 bits per heavy atom. The van der Waals surface area contributed by atoms with E-state index in [1.807, 2.05) is 36.0 Å². The first-order valence-corrected chi connectivity index (χ1v) is 7.66. The Labute approximate surface area is 129 Å². The van der Waals surface area contributed by atoms with Crippen molar-refractivity contribution in [2.75, 3.05) is 5.32 Å². The maximum Gasteiger partial charge on any atom is 0.292 e. The molecule has 1 aliphatic carbocycles. The molecule has 0 aliphatic heterocycles. The highest BCUT2D eigenvalue weighted by Gasteiger charge is 2.28. The molecule has 3 rings (SSSR count). The van der Waals surface area contributed by atoms with Crippen LogP contribution in [0.25, 0.3) is 0 Å². The minimum Gasteiger partial charge on any atom is -0.375 e. The van der Waals surface area contributed by atoms with Gasteiger partial charge < -0.3 is 5.32 Å². The largest absolute Gasteiger partial charge is 0.375 e. The molecule has 0 amide bonds. The molecule has 116 valence electrons. The van der Waals surface area contributed by atoms with Gasteiger partial charge in [-0.25, -0.2) is 0 Å². The lowest BCUT2D eigenvalue weighted by atomic mass is 9.90. The highest BCUT2D eigenvalue weighted by Crippen LogP contribution is 2.33. The van der Waals surface area contributed by atoms with E-state index in [-0.39, 0.29) is 22.7 Å². The van der Waals surface area contributed by atoms with Crippen LogP contribution in [-0.2, 0) is 0 Å². The van der Waals surface area contributed by atoms with Gasteiger partial charge in [0.15, 0.2) is 0 Å². The van der Waals surface area contributed by atoms with E-state index >= 15 is 0 Å². The van der Waals surface area contributed by atoms with Gasteiger partial charge in [-0.3, -0.25) is 14.8 Å². The Morgan fingerprint density at radius 1 is 1.36 bits per heavy atom. The van der Waals surface area contributed by atoms with Gasteiger partial charge in [-0.1, -0.05) is 18.9 Å². The second kappa shape index (κ2) is 6.17. The zero-order valence-corrected chi connectivity index (χ0v) is 12.6. The predicted octanol–water partition coefficient (Wildman–Crippen LogP) is 3.70. The number of benzene rings is 1. The molecule has 22 heavy (non-hydrogen) atoms. The molecule has 2 aromatic rings. The Kier molecular flexibility index (Phi) is 4.09. The van der Waals surface area contributed by atoms with E-state index in [1.54, 1.807) is 12.3 Å². The monoisotopic (exact) mass is 300 g/mol. The maximum absolute atomic E-state index is 11.3. The molecule has 6 nitrogen and oxygen atoms in total. The van der Waals surface area contributed by atoms with Gasteiger partial charge in [0.2, 0.25) is 0 Å². The number of nitrogens with one attached hydrogen (secondary N) is 1. The molecule has 0 bridgehead atoms. The van der Waals surface area contributed by atoms with Gasteiger partial charge in [-0.05, 0) is 37.5 Å². The van der Waals surface area contributed by atoms with Gasteiger partial charge in [0.05, 0.1) is 11.0 Å². The van der Waals surface area contributed by atoms with E-state index in [9.17, 15) is 10.1 Å². The number of hydrogen-bond donors (Lipinski definition) is 1. The van der Waals surface area contributed by atoms with Crippen LogP contribution in [0.2, 0.25) is 0 Å². The lowest BCUT2D eigenvalue weighted by Gasteiger charge is -2.33. The number of rotatable bonds is 4. The van der Waals surface area contributed by atoms with Gasteiger partial charge in [0.25, 0.3) is 5.69 Å². The minimum atomic E-state index is -0.318. The number of hydrogen-bond acceptors (Lipinski definition) is 4. The van der Waals surface area contributed by atoms with Crippen molar-refractivity contribution in [3.05, 3.63) is 52.3 Å². The Morgan fingerprint density at radius 2 is 2.18 bits per heavy atom. The van der Waals surface area contributed by atoms with Crippen LogP contribution < -0.4 is 5.32 Å². The van der Waals surface area contributed by atoms with E-state index in [2.05, 4.69) is 10.4 Å². The lowest BCUT2D eigenvalue weighted by Crippen LogP contribution is -2.34. The van der Waals surface area contributed by atoms with E-state index in [0.717, 1.165) is 24.8 Å².